The first-order chi connectivity index (χ1) is 9.24. The molecule has 1 aromatic carbocycles. The Labute approximate surface area is 120 Å². The molecule has 19 heavy (non-hydrogen) atoms. The first-order valence-corrected chi connectivity index (χ1v) is 7.89. The van der Waals surface area contributed by atoms with Gasteiger partial charge in [0.15, 0.2) is 0 Å². The van der Waals surface area contributed by atoms with Crippen molar-refractivity contribution in [1.82, 2.24) is 5.32 Å². The molecule has 1 heterocycles. The van der Waals surface area contributed by atoms with Gasteiger partial charge in [-0.15, -0.1) is 0 Å². The second-order valence-corrected chi connectivity index (χ2v) is 6.10. The van der Waals surface area contributed by atoms with Crippen LogP contribution in [0.2, 0.25) is 0 Å². The van der Waals surface area contributed by atoms with Gasteiger partial charge in [0.05, 0.1) is 13.7 Å². The van der Waals surface area contributed by atoms with Crippen LogP contribution in [0.25, 0.3) is 0 Å². The van der Waals surface area contributed by atoms with Crippen LogP contribution >= 0.6 is 11.8 Å². The first kappa shape index (κ1) is 14.7. The summed E-state index contributed by atoms with van der Waals surface area (Å²) in [6.07, 6.45) is 1.27. The van der Waals surface area contributed by atoms with Gasteiger partial charge >= 0.3 is 0 Å². The van der Waals surface area contributed by atoms with Gasteiger partial charge in [-0.2, -0.15) is 11.8 Å². The molecule has 0 radical (unpaired) electrons. The van der Waals surface area contributed by atoms with E-state index in [9.17, 15) is 0 Å². The fraction of sp³-hybridized carbons (Fsp3) is 0.600. The van der Waals surface area contributed by atoms with Gasteiger partial charge in [-0.1, -0.05) is 6.07 Å². The third-order valence-electron chi connectivity index (χ3n) is 3.52. The van der Waals surface area contributed by atoms with E-state index < -0.39 is 0 Å². The molecule has 1 aromatic rings. The van der Waals surface area contributed by atoms with Gasteiger partial charge in [0.1, 0.15) is 5.75 Å². The van der Waals surface area contributed by atoms with E-state index in [1.54, 1.807) is 14.2 Å². The molecule has 2 unspecified atom stereocenters. The van der Waals surface area contributed by atoms with Gasteiger partial charge in [-0.05, 0) is 36.8 Å². The zero-order valence-corrected chi connectivity index (χ0v) is 12.8. The van der Waals surface area contributed by atoms with Gasteiger partial charge in [0.2, 0.25) is 0 Å². The molecule has 4 heteroatoms. The summed E-state index contributed by atoms with van der Waals surface area (Å²) in [5, 5.41) is 3.70. The monoisotopic (exact) mass is 281 g/mol. The summed E-state index contributed by atoms with van der Waals surface area (Å²) in [4.78, 5) is 0. The van der Waals surface area contributed by atoms with Crippen LogP contribution in [0, 0.1) is 0 Å². The summed E-state index contributed by atoms with van der Waals surface area (Å²) in [6, 6.07) is 7.36. The van der Waals surface area contributed by atoms with Crippen LogP contribution < -0.4 is 10.1 Å². The molecule has 2 rings (SSSR count). The van der Waals surface area contributed by atoms with E-state index in [1.165, 1.54) is 23.5 Å². The number of methoxy groups -OCH3 is 2. The van der Waals surface area contributed by atoms with Crippen LogP contribution in [0.4, 0.5) is 0 Å². The predicted molar refractivity (Wildman–Crippen MR) is 81.0 cm³/mol. The Hall–Kier alpha value is -0.710. The second-order valence-electron chi connectivity index (χ2n) is 4.95. The highest BCUT2D eigenvalue weighted by Crippen LogP contribution is 2.26. The molecule has 1 aliphatic rings. The fourth-order valence-corrected chi connectivity index (χ4v) is 3.62. The van der Waals surface area contributed by atoms with Crippen molar-refractivity contribution >= 4 is 11.8 Å². The molecule has 0 bridgehead atoms. The number of rotatable bonds is 6. The molecule has 2 atom stereocenters. The Bertz CT molecular complexity index is 405. The molecule has 1 saturated heterocycles. The zero-order chi connectivity index (χ0) is 13.7. The van der Waals surface area contributed by atoms with Crippen molar-refractivity contribution in [3.05, 3.63) is 29.3 Å². The highest BCUT2D eigenvalue weighted by molar-refractivity contribution is 7.99. The third-order valence-corrected chi connectivity index (χ3v) is 4.68. The van der Waals surface area contributed by atoms with Crippen molar-refractivity contribution < 1.29 is 9.47 Å². The van der Waals surface area contributed by atoms with Crippen molar-refractivity contribution in [2.24, 2.45) is 0 Å². The minimum absolute atomic E-state index is 0.366. The molecule has 1 N–H and O–H groups in total. The van der Waals surface area contributed by atoms with E-state index in [2.05, 4.69) is 24.4 Å². The number of hydrogen-bond donors (Lipinski definition) is 1. The molecule has 0 amide bonds. The van der Waals surface area contributed by atoms with E-state index in [4.69, 9.17) is 9.47 Å². The van der Waals surface area contributed by atoms with Gasteiger partial charge in [0.25, 0.3) is 0 Å². The largest absolute Gasteiger partial charge is 0.496 e. The van der Waals surface area contributed by atoms with E-state index in [1.807, 2.05) is 17.8 Å². The minimum Gasteiger partial charge on any atom is -0.496 e. The number of thioether (sulfide) groups is 1. The average Bonchev–Trinajstić information content (AvgIpc) is 2.92. The maximum atomic E-state index is 5.36. The minimum atomic E-state index is 0.366. The smallest absolute Gasteiger partial charge is 0.124 e. The van der Waals surface area contributed by atoms with E-state index >= 15 is 0 Å². The summed E-state index contributed by atoms with van der Waals surface area (Å²) in [7, 11) is 3.41. The first-order valence-electron chi connectivity index (χ1n) is 6.74. The van der Waals surface area contributed by atoms with Crippen LogP contribution in [-0.2, 0) is 11.3 Å². The van der Waals surface area contributed by atoms with Crippen molar-refractivity contribution in [2.75, 3.05) is 25.7 Å². The van der Waals surface area contributed by atoms with E-state index in [-0.39, 0.29) is 0 Å². The zero-order valence-electron chi connectivity index (χ0n) is 11.9. The SMILES string of the molecule is COCc1cc(C(C)NC2CCSC2)ccc1OC. The normalized spacial score (nSPS) is 20.5. The van der Waals surface area contributed by atoms with Gasteiger partial charge in [-0.3, -0.25) is 0 Å². The van der Waals surface area contributed by atoms with Crippen molar-refractivity contribution in [2.45, 2.75) is 32.0 Å². The van der Waals surface area contributed by atoms with Crippen LogP contribution in [0.15, 0.2) is 18.2 Å². The predicted octanol–water partition coefficient (Wildman–Crippen LogP) is 3.00. The Morgan fingerprint density at radius 2 is 2.26 bits per heavy atom. The highest BCUT2D eigenvalue weighted by Gasteiger charge is 2.18. The van der Waals surface area contributed by atoms with Gasteiger partial charge in [-0.25, -0.2) is 0 Å². The molecular weight excluding hydrogens is 258 g/mol. The average molecular weight is 281 g/mol. The van der Waals surface area contributed by atoms with E-state index in [0.29, 0.717) is 18.7 Å². The summed E-state index contributed by atoms with van der Waals surface area (Å²) >= 11 is 2.03. The highest BCUT2D eigenvalue weighted by atomic mass is 32.2. The lowest BCUT2D eigenvalue weighted by molar-refractivity contribution is 0.181. The van der Waals surface area contributed by atoms with Gasteiger partial charge < -0.3 is 14.8 Å². The summed E-state index contributed by atoms with van der Waals surface area (Å²) in [5.74, 6) is 3.40. The standard InChI is InChI=1S/C15H23NO2S/c1-11(16-14-6-7-19-10-14)12-4-5-15(18-3)13(8-12)9-17-2/h4-5,8,11,14,16H,6-7,9-10H2,1-3H3. The van der Waals surface area contributed by atoms with E-state index in [0.717, 1.165) is 11.3 Å². The molecule has 1 aliphatic heterocycles. The van der Waals surface area contributed by atoms with Crippen LogP contribution in [0.5, 0.6) is 5.75 Å². The number of benzene rings is 1. The molecule has 106 valence electrons. The fourth-order valence-electron chi connectivity index (χ4n) is 2.45. The van der Waals surface area contributed by atoms with Crippen LogP contribution in [0.3, 0.4) is 0 Å². The molecule has 0 aliphatic carbocycles. The summed E-state index contributed by atoms with van der Waals surface area (Å²) in [6.45, 7) is 2.81. The molecule has 0 spiro atoms. The van der Waals surface area contributed by atoms with Crippen molar-refractivity contribution in [3.8, 4) is 5.75 Å². The molecule has 0 saturated carbocycles. The maximum Gasteiger partial charge on any atom is 0.124 e. The van der Waals surface area contributed by atoms with Crippen LogP contribution in [0.1, 0.15) is 30.5 Å². The van der Waals surface area contributed by atoms with Crippen molar-refractivity contribution in [3.63, 3.8) is 0 Å². The lowest BCUT2D eigenvalue weighted by atomic mass is 10.0. The molecular formula is C15H23NO2S. The number of hydrogen-bond acceptors (Lipinski definition) is 4. The number of ether oxygens (including phenoxy) is 2. The topological polar surface area (TPSA) is 30.5 Å². The quantitative estimate of drug-likeness (QED) is 0.868. The molecule has 3 nitrogen and oxygen atoms in total. The number of nitrogens with one attached hydrogen (secondary N) is 1. The van der Waals surface area contributed by atoms with Crippen LogP contribution in [-0.4, -0.2) is 31.8 Å². The third kappa shape index (κ3) is 3.88. The Morgan fingerprint density at radius 1 is 1.42 bits per heavy atom. The maximum absolute atomic E-state index is 5.36. The Balaban J connectivity index is 2.07. The lowest BCUT2D eigenvalue weighted by Crippen LogP contribution is -2.31. The Kier molecular flexibility index (Phi) is 5.55. The lowest BCUT2D eigenvalue weighted by Gasteiger charge is -2.20. The summed E-state index contributed by atoms with van der Waals surface area (Å²) < 4.78 is 10.6. The Morgan fingerprint density at radius 3 is 2.89 bits per heavy atom. The molecule has 1 fully saturated rings. The van der Waals surface area contributed by atoms with Gasteiger partial charge in [0, 0.05) is 30.5 Å². The molecule has 0 aromatic heterocycles. The second kappa shape index (κ2) is 7.17. The summed E-state index contributed by atoms with van der Waals surface area (Å²) in [5.41, 5.74) is 2.40. The van der Waals surface area contributed by atoms with Crippen molar-refractivity contribution in [1.29, 1.82) is 0 Å².